The van der Waals surface area contributed by atoms with Gasteiger partial charge in [0.05, 0.1) is 12.4 Å². The number of rotatable bonds is 3. The van der Waals surface area contributed by atoms with Gasteiger partial charge in [0.25, 0.3) is 0 Å². The third kappa shape index (κ3) is 3.20. The van der Waals surface area contributed by atoms with Gasteiger partial charge in [-0.3, -0.25) is 4.98 Å². The number of hydrogen-bond donors (Lipinski definition) is 0. The van der Waals surface area contributed by atoms with Crippen LogP contribution in [0.1, 0.15) is 11.1 Å². The first kappa shape index (κ1) is 15.6. The van der Waals surface area contributed by atoms with Crippen molar-refractivity contribution < 1.29 is 0 Å². The van der Waals surface area contributed by atoms with Gasteiger partial charge in [0.1, 0.15) is 5.82 Å². The average Bonchev–Trinajstić information content (AvgIpc) is 3.19. The first-order valence-electron chi connectivity index (χ1n) is 8.60. The largest absolute Gasteiger partial charge is 0.368 e. The second-order valence-electron chi connectivity index (χ2n) is 6.45. The molecule has 0 saturated carbocycles. The standard InChI is InChI=1S/C19H22N6/c1-15-4-5-16(2)17(12-15)23-8-10-24(11-9-23)18-13-20-14-19(22-18)25-7-3-6-21-25/h3-7,12-14H,8-11H2,1-2H3. The Bertz CT molecular complexity index is 850. The summed E-state index contributed by atoms with van der Waals surface area (Å²) in [6.07, 6.45) is 7.20. The Morgan fingerprint density at radius 2 is 1.68 bits per heavy atom. The molecule has 25 heavy (non-hydrogen) atoms. The van der Waals surface area contributed by atoms with E-state index in [1.807, 2.05) is 18.5 Å². The molecule has 0 amide bonds. The lowest BCUT2D eigenvalue weighted by molar-refractivity contribution is 0.643. The Kier molecular flexibility index (Phi) is 4.09. The number of anilines is 2. The van der Waals surface area contributed by atoms with Gasteiger partial charge < -0.3 is 9.80 Å². The van der Waals surface area contributed by atoms with Crippen LogP contribution in [0.3, 0.4) is 0 Å². The predicted molar refractivity (Wildman–Crippen MR) is 99.5 cm³/mol. The van der Waals surface area contributed by atoms with Crippen molar-refractivity contribution in [3.05, 3.63) is 60.2 Å². The number of hydrogen-bond acceptors (Lipinski definition) is 5. The van der Waals surface area contributed by atoms with E-state index >= 15 is 0 Å². The normalized spacial score (nSPS) is 14.8. The van der Waals surface area contributed by atoms with Crippen LogP contribution >= 0.6 is 0 Å². The van der Waals surface area contributed by atoms with Crippen molar-refractivity contribution in [2.24, 2.45) is 0 Å². The summed E-state index contributed by atoms with van der Waals surface area (Å²) in [6, 6.07) is 8.54. The van der Waals surface area contributed by atoms with Gasteiger partial charge in [0.2, 0.25) is 0 Å². The molecule has 128 valence electrons. The molecular weight excluding hydrogens is 312 g/mol. The van der Waals surface area contributed by atoms with Crippen molar-refractivity contribution in [3.63, 3.8) is 0 Å². The van der Waals surface area contributed by atoms with Crippen molar-refractivity contribution in [2.45, 2.75) is 13.8 Å². The zero-order valence-corrected chi connectivity index (χ0v) is 14.6. The van der Waals surface area contributed by atoms with E-state index in [9.17, 15) is 0 Å². The van der Waals surface area contributed by atoms with Crippen LogP contribution in [0.25, 0.3) is 5.82 Å². The Balaban J connectivity index is 1.49. The van der Waals surface area contributed by atoms with Gasteiger partial charge in [-0.1, -0.05) is 12.1 Å². The van der Waals surface area contributed by atoms with Crippen LogP contribution in [-0.4, -0.2) is 45.9 Å². The molecule has 0 atom stereocenters. The van der Waals surface area contributed by atoms with E-state index in [2.05, 4.69) is 51.9 Å². The summed E-state index contributed by atoms with van der Waals surface area (Å²) < 4.78 is 1.74. The van der Waals surface area contributed by atoms with Crippen LogP contribution in [0.15, 0.2) is 49.1 Å². The fourth-order valence-corrected chi connectivity index (χ4v) is 3.25. The molecule has 0 aliphatic carbocycles. The van der Waals surface area contributed by atoms with Gasteiger partial charge in [-0.05, 0) is 37.1 Å². The minimum absolute atomic E-state index is 0.749. The molecule has 0 N–H and O–H groups in total. The smallest absolute Gasteiger partial charge is 0.173 e. The maximum absolute atomic E-state index is 4.71. The van der Waals surface area contributed by atoms with E-state index in [1.165, 1.54) is 16.8 Å². The first-order chi connectivity index (χ1) is 12.2. The first-order valence-corrected chi connectivity index (χ1v) is 8.60. The molecule has 6 nitrogen and oxygen atoms in total. The fraction of sp³-hybridized carbons (Fsp3) is 0.316. The molecule has 6 heteroatoms. The monoisotopic (exact) mass is 334 g/mol. The molecule has 0 unspecified atom stereocenters. The van der Waals surface area contributed by atoms with E-state index in [1.54, 1.807) is 17.1 Å². The van der Waals surface area contributed by atoms with Gasteiger partial charge in [0, 0.05) is 44.3 Å². The quantitative estimate of drug-likeness (QED) is 0.737. The van der Waals surface area contributed by atoms with Crippen LogP contribution in [0, 0.1) is 13.8 Å². The van der Waals surface area contributed by atoms with Crippen molar-refractivity contribution in [2.75, 3.05) is 36.0 Å². The summed E-state index contributed by atoms with van der Waals surface area (Å²) in [7, 11) is 0. The third-order valence-corrected chi connectivity index (χ3v) is 4.66. The summed E-state index contributed by atoms with van der Waals surface area (Å²) in [5.74, 6) is 1.66. The number of piperazine rings is 1. The van der Waals surface area contributed by atoms with Crippen LogP contribution in [0.4, 0.5) is 11.5 Å². The van der Waals surface area contributed by atoms with Gasteiger partial charge in [-0.15, -0.1) is 0 Å². The number of aromatic nitrogens is 4. The lowest BCUT2D eigenvalue weighted by Gasteiger charge is -2.37. The van der Waals surface area contributed by atoms with Gasteiger partial charge in [-0.25, -0.2) is 9.67 Å². The molecule has 1 saturated heterocycles. The van der Waals surface area contributed by atoms with Crippen molar-refractivity contribution in [3.8, 4) is 5.82 Å². The highest BCUT2D eigenvalue weighted by Gasteiger charge is 2.20. The Hall–Kier alpha value is -2.89. The van der Waals surface area contributed by atoms with Crippen molar-refractivity contribution in [1.82, 2.24) is 19.7 Å². The van der Waals surface area contributed by atoms with E-state index < -0.39 is 0 Å². The number of aryl methyl sites for hydroxylation is 2. The minimum atomic E-state index is 0.749. The second kappa shape index (κ2) is 6.55. The van der Waals surface area contributed by atoms with E-state index in [0.29, 0.717) is 0 Å². The lowest BCUT2D eigenvalue weighted by atomic mass is 10.1. The molecule has 3 aromatic rings. The molecule has 1 aliphatic rings. The maximum Gasteiger partial charge on any atom is 0.173 e. The second-order valence-corrected chi connectivity index (χ2v) is 6.45. The molecule has 0 bridgehead atoms. The average molecular weight is 334 g/mol. The summed E-state index contributed by atoms with van der Waals surface area (Å²) in [5, 5.41) is 4.23. The zero-order chi connectivity index (χ0) is 17.2. The molecule has 0 radical (unpaired) electrons. The lowest BCUT2D eigenvalue weighted by Crippen LogP contribution is -2.47. The summed E-state index contributed by atoms with van der Waals surface area (Å²) in [4.78, 5) is 13.8. The van der Waals surface area contributed by atoms with Gasteiger partial charge in [0.15, 0.2) is 5.82 Å². The topological polar surface area (TPSA) is 50.1 Å². The third-order valence-electron chi connectivity index (χ3n) is 4.66. The molecule has 1 aromatic carbocycles. The fourth-order valence-electron chi connectivity index (χ4n) is 3.25. The Morgan fingerprint density at radius 1 is 0.920 bits per heavy atom. The molecular formula is C19H22N6. The highest BCUT2D eigenvalue weighted by atomic mass is 15.3. The van der Waals surface area contributed by atoms with E-state index in [4.69, 9.17) is 4.98 Å². The van der Waals surface area contributed by atoms with E-state index in [0.717, 1.165) is 37.8 Å². The Morgan fingerprint density at radius 3 is 2.44 bits per heavy atom. The van der Waals surface area contributed by atoms with Crippen LogP contribution in [-0.2, 0) is 0 Å². The van der Waals surface area contributed by atoms with Gasteiger partial charge in [-0.2, -0.15) is 5.10 Å². The number of benzene rings is 1. The summed E-state index contributed by atoms with van der Waals surface area (Å²) >= 11 is 0. The van der Waals surface area contributed by atoms with E-state index in [-0.39, 0.29) is 0 Å². The molecule has 3 heterocycles. The predicted octanol–water partition coefficient (Wildman–Crippen LogP) is 2.61. The Labute approximate surface area is 147 Å². The van der Waals surface area contributed by atoms with Crippen LogP contribution in [0.5, 0.6) is 0 Å². The SMILES string of the molecule is Cc1ccc(C)c(N2CCN(c3cncc(-n4cccn4)n3)CC2)c1. The van der Waals surface area contributed by atoms with Crippen LogP contribution in [0.2, 0.25) is 0 Å². The minimum Gasteiger partial charge on any atom is -0.368 e. The highest BCUT2D eigenvalue weighted by molar-refractivity contribution is 5.56. The summed E-state index contributed by atoms with van der Waals surface area (Å²) in [5.41, 5.74) is 3.98. The summed E-state index contributed by atoms with van der Waals surface area (Å²) in [6.45, 7) is 8.17. The molecule has 1 aliphatic heterocycles. The zero-order valence-electron chi connectivity index (χ0n) is 14.6. The molecule has 1 fully saturated rings. The molecule has 2 aromatic heterocycles. The maximum atomic E-state index is 4.71. The highest BCUT2D eigenvalue weighted by Crippen LogP contribution is 2.24. The van der Waals surface area contributed by atoms with Crippen molar-refractivity contribution >= 4 is 11.5 Å². The van der Waals surface area contributed by atoms with Crippen LogP contribution < -0.4 is 9.80 Å². The van der Waals surface area contributed by atoms with Crippen molar-refractivity contribution in [1.29, 1.82) is 0 Å². The molecule has 0 spiro atoms. The van der Waals surface area contributed by atoms with Gasteiger partial charge >= 0.3 is 0 Å². The molecule has 4 rings (SSSR count). The number of nitrogens with zero attached hydrogens (tertiary/aromatic N) is 6.